The molecule has 26 nitrogen and oxygen atoms in total. The van der Waals surface area contributed by atoms with Gasteiger partial charge in [0, 0.05) is 74.2 Å². The van der Waals surface area contributed by atoms with Gasteiger partial charge in [-0.25, -0.2) is 24.4 Å². The van der Waals surface area contributed by atoms with Crippen LogP contribution < -0.4 is 37.0 Å². The van der Waals surface area contributed by atoms with Crippen LogP contribution in [0.3, 0.4) is 0 Å². The summed E-state index contributed by atoms with van der Waals surface area (Å²) in [6.07, 6.45) is 7.73. The van der Waals surface area contributed by atoms with E-state index < -0.39 is 37.5 Å². The first-order valence-electron chi connectivity index (χ1n) is 34.2. The molecule has 5 heterocycles. The molecule has 4 unspecified atom stereocenters. The van der Waals surface area contributed by atoms with E-state index in [2.05, 4.69) is 111 Å². The number of nitrogens with zero attached hydrogens (tertiary/aromatic N) is 8. The summed E-state index contributed by atoms with van der Waals surface area (Å²) in [6.45, 7) is 17.8. The first-order chi connectivity index (χ1) is 47.1. The highest BCUT2D eigenvalue weighted by molar-refractivity contribution is 6.83. The number of hydrogen-bond acceptors (Lipinski definition) is 17. The summed E-state index contributed by atoms with van der Waals surface area (Å²) in [5, 5.41) is 33.0. The minimum atomic E-state index is -1.55. The van der Waals surface area contributed by atoms with Crippen molar-refractivity contribution in [3.05, 3.63) is 124 Å². The van der Waals surface area contributed by atoms with Gasteiger partial charge in [0.2, 0.25) is 35.4 Å². The average molecular weight is 1360 g/mol. The number of hydrogen-bond donors (Lipinski definition) is 7. The molecule has 2 aliphatic carbocycles. The van der Waals surface area contributed by atoms with Gasteiger partial charge in [0.25, 0.3) is 11.5 Å². The molecule has 6 aromatic rings. The first kappa shape index (κ1) is 71.4. The fourth-order valence-corrected chi connectivity index (χ4v) is 21.8. The maximum atomic E-state index is 14.1. The predicted molar refractivity (Wildman–Crippen MR) is 370 cm³/mol. The number of carboxylic acids is 1. The third kappa shape index (κ3) is 16.3. The lowest BCUT2D eigenvalue weighted by atomic mass is 9.85. The van der Waals surface area contributed by atoms with Crippen LogP contribution in [0.25, 0.3) is 33.7 Å². The zero-order chi connectivity index (χ0) is 69.8. The van der Waals surface area contributed by atoms with Gasteiger partial charge in [0.05, 0.1) is 89.2 Å². The molecule has 2 bridgehead atoms. The van der Waals surface area contributed by atoms with E-state index >= 15 is 0 Å². The molecule has 0 radical (unpaired) electrons. The van der Waals surface area contributed by atoms with Crippen LogP contribution in [0.1, 0.15) is 114 Å². The van der Waals surface area contributed by atoms with Crippen LogP contribution in [0.2, 0.25) is 22.7 Å². The minimum Gasteiger partial charge on any atom is -0.480 e. The number of nitrogens with one attached hydrogen (secondary N) is 6. The number of anilines is 2. The number of benzene rings is 3. The van der Waals surface area contributed by atoms with Crippen molar-refractivity contribution >= 4 is 77.9 Å². The van der Waals surface area contributed by atoms with E-state index in [-0.39, 0.29) is 168 Å². The monoisotopic (exact) mass is 1360 g/mol. The zero-order valence-corrected chi connectivity index (χ0v) is 57.8. The Bertz CT molecular complexity index is 3950. The Morgan fingerprint density at radius 2 is 1.35 bits per heavy atom. The summed E-state index contributed by atoms with van der Waals surface area (Å²) < 4.78 is 13.3. The van der Waals surface area contributed by atoms with E-state index in [1.807, 2.05) is 48.5 Å². The van der Waals surface area contributed by atoms with Gasteiger partial charge in [0.15, 0.2) is 11.2 Å². The van der Waals surface area contributed by atoms with Crippen LogP contribution in [0, 0.1) is 36.5 Å². The van der Waals surface area contributed by atoms with Gasteiger partial charge in [-0.05, 0) is 73.4 Å². The normalized spacial score (nSPS) is 17.9. The van der Waals surface area contributed by atoms with E-state index in [1.165, 1.54) is 29.3 Å². The maximum Gasteiger partial charge on any atom is 0.326 e. The number of amides is 7. The second-order valence-corrected chi connectivity index (χ2v) is 32.9. The van der Waals surface area contributed by atoms with E-state index in [9.17, 15) is 48.3 Å². The summed E-state index contributed by atoms with van der Waals surface area (Å²) in [4.78, 5) is 136. The summed E-state index contributed by atoms with van der Waals surface area (Å²) >= 11 is 0. The minimum absolute atomic E-state index is 0.00454. The second-order valence-electron chi connectivity index (χ2n) is 26.8. The number of ether oxygens (including phenoxy) is 2. The van der Waals surface area contributed by atoms with E-state index in [0.29, 0.717) is 63.2 Å². The third-order valence-electron chi connectivity index (χ3n) is 20.1. The van der Waals surface area contributed by atoms with Gasteiger partial charge in [-0.15, -0.1) is 5.10 Å². The Morgan fingerprint density at radius 1 is 0.714 bits per heavy atom. The lowest BCUT2D eigenvalue weighted by Gasteiger charge is -2.43. The van der Waals surface area contributed by atoms with E-state index in [4.69, 9.17) is 9.47 Å². The molecular weight excluding hydrogens is 1270 g/mol. The number of aliphatic carboxylic acids is 1. The number of aromatic nitrogens is 7. The van der Waals surface area contributed by atoms with Gasteiger partial charge >= 0.3 is 5.97 Å². The molecule has 1 saturated carbocycles. The molecule has 1 saturated heterocycles. The van der Waals surface area contributed by atoms with Crippen molar-refractivity contribution in [3.8, 4) is 22.5 Å². The molecule has 98 heavy (non-hydrogen) atoms. The molecule has 520 valence electrons. The quantitative estimate of drug-likeness (QED) is 0.00915. The first-order valence-corrected chi connectivity index (χ1v) is 36.6. The van der Waals surface area contributed by atoms with Gasteiger partial charge in [-0.3, -0.25) is 43.3 Å². The molecular formula is C71H90N14O12Si. The SMILES string of the molecule is Cc1nc2ncc(CNc3ccc(C(=O)N[C@@H](CCC(=O)NCCOCCn4nnc5c4-c4ccccc4CN(C(=O)CCNC(=O)CCOCCNC(=O)CCN4C(=O)C6C7C=CC(C7CCC[Si](C(C)C)(C(C)C)C(C)C)C6C4=O)c4ccccc4-5)C(=O)O)cc3)nc2c(=O)[nH]1. The number of rotatable bonds is 34. The number of allylic oxidation sites excluding steroid dienone is 2. The number of carboxylic acid groups (broad SMARTS) is 1. The van der Waals surface area contributed by atoms with Gasteiger partial charge < -0.3 is 51.0 Å². The van der Waals surface area contributed by atoms with Crippen molar-refractivity contribution in [3.63, 3.8) is 0 Å². The second kappa shape index (κ2) is 32.3. The fraction of sp³-hybridized carbons (Fsp3) is 0.493. The molecule has 0 spiro atoms. The molecule has 7 N–H and O–H groups in total. The van der Waals surface area contributed by atoms with Crippen LogP contribution in [0.5, 0.6) is 0 Å². The van der Waals surface area contributed by atoms with Gasteiger partial charge in [-0.2, -0.15) is 0 Å². The van der Waals surface area contributed by atoms with Crippen LogP contribution in [0.4, 0.5) is 11.4 Å². The van der Waals surface area contributed by atoms with Crippen LogP contribution in [-0.2, 0) is 62.7 Å². The summed E-state index contributed by atoms with van der Waals surface area (Å²) in [6, 6.07) is 21.4. The van der Waals surface area contributed by atoms with Gasteiger partial charge in [-0.1, -0.05) is 130 Å². The van der Waals surface area contributed by atoms with Crippen molar-refractivity contribution < 1.29 is 52.9 Å². The highest BCUT2D eigenvalue weighted by Crippen LogP contribution is 2.58. The number of aromatic amines is 1. The van der Waals surface area contributed by atoms with Crippen molar-refractivity contribution in [2.75, 3.05) is 62.8 Å². The molecule has 2 fully saturated rings. The number of H-pyrrole nitrogens is 1. The molecule has 10 rings (SSSR count). The molecule has 4 aliphatic rings. The standard InChI is InChI=1S/C71H90N14O12Si/c1-42(2)98(43(3)4,44(5)6)38-12-16-51-52-22-23-53(51)62-61(52)69(92)83(70(62)93)32-27-58(87)74-30-35-96-34-28-59(88)72-29-26-60(89)84-41-47-13-8-9-14-50(47)65-63(54-15-10-11-17-56(54)84)81-82-85(65)33-37-97-36-31-73-57(86)25-24-55(71(94)95)80-67(90)46-18-20-48(21-19-46)75-39-49-40-76-66-64(79-49)68(91)78-45(7)77-66/h8-11,13-15,17-23,40,42-44,51-53,55,61-62,75H,12,16,24-39,41H2,1-7H3,(H,72,88)(H,73,86)(H,74,87)(H,80,90)(H,94,95)(H,76,77,78,91)/t51?,52?,53?,55-,61?,62?/m0/s1. The largest absolute Gasteiger partial charge is 0.480 e. The molecule has 2 aliphatic heterocycles. The molecule has 7 amide bonds. The Labute approximate surface area is 570 Å². The topological polar surface area (TPSA) is 344 Å². The predicted octanol–water partition coefficient (Wildman–Crippen LogP) is 7.11. The number of likely N-dealkylation sites (tertiary alicyclic amines) is 1. The maximum absolute atomic E-state index is 14.1. The van der Waals surface area contributed by atoms with E-state index in [0.717, 1.165) is 29.7 Å². The summed E-state index contributed by atoms with van der Waals surface area (Å²) in [7, 11) is -1.55. The number of carbonyl (C=O) groups excluding carboxylic acids is 7. The number of para-hydroxylation sites is 1. The molecule has 3 aromatic heterocycles. The van der Waals surface area contributed by atoms with Crippen molar-refractivity contribution in [2.24, 2.45) is 29.6 Å². The molecule has 5 atom stereocenters. The van der Waals surface area contributed by atoms with Crippen molar-refractivity contribution in [2.45, 2.75) is 142 Å². The Morgan fingerprint density at radius 3 is 2.03 bits per heavy atom. The number of aryl methyl sites for hydroxylation is 1. The smallest absolute Gasteiger partial charge is 0.326 e. The van der Waals surface area contributed by atoms with Crippen molar-refractivity contribution in [1.82, 2.24) is 61.1 Å². The molecule has 3 aromatic carbocycles. The lowest BCUT2D eigenvalue weighted by Crippen LogP contribution is -2.44. The Kier molecular flexibility index (Phi) is 23.6. The number of imide groups is 1. The number of carbonyl (C=O) groups is 8. The summed E-state index contributed by atoms with van der Waals surface area (Å²) in [5.41, 5.74) is 7.62. The Hall–Kier alpha value is -9.34. The molecule has 27 heteroatoms. The number of fused-ring (bicyclic) bond motifs is 11. The fourth-order valence-electron chi connectivity index (χ4n) is 15.3. The lowest BCUT2D eigenvalue weighted by molar-refractivity contribution is -0.142. The summed E-state index contributed by atoms with van der Waals surface area (Å²) in [5.74, 6) is -3.23. The Balaban J connectivity index is 0.606. The highest BCUT2D eigenvalue weighted by atomic mass is 28.3. The van der Waals surface area contributed by atoms with Gasteiger partial charge in [0.1, 0.15) is 17.6 Å². The van der Waals surface area contributed by atoms with Crippen molar-refractivity contribution in [1.29, 1.82) is 0 Å². The highest BCUT2D eigenvalue weighted by Gasteiger charge is 2.63. The van der Waals surface area contributed by atoms with Crippen LogP contribution in [0.15, 0.2) is 95.9 Å². The third-order valence-corrected chi connectivity index (χ3v) is 27.7. The average Bonchev–Trinajstić information content (AvgIpc) is 1.55. The van der Waals surface area contributed by atoms with Crippen LogP contribution in [-0.4, -0.2) is 159 Å². The van der Waals surface area contributed by atoms with E-state index in [1.54, 1.807) is 28.6 Å². The zero-order valence-electron chi connectivity index (χ0n) is 56.8. The van der Waals surface area contributed by atoms with Crippen LogP contribution >= 0.6 is 0 Å².